The van der Waals surface area contributed by atoms with E-state index in [1.54, 1.807) is 24.3 Å². The predicted molar refractivity (Wildman–Crippen MR) is 108 cm³/mol. The highest BCUT2D eigenvalue weighted by atomic mass is 32.2. The van der Waals surface area contributed by atoms with Crippen LogP contribution in [-0.4, -0.2) is 41.7 Å². The standard InChI is InChI=1S/C19H19N3O5S.CO2/c1-19(8-11-27-12-9-19)17-15-7-10-21(18(15)20-13-16(17)22(23)24)28(25,26)14-5-3-2-4-6-14;2-1-3/h2-7,10,13H,8-9,11-12H2,1H3;. The third-order valence-corrected chi connectivity index (χ3v) is 7.04. The zero-order valence-electron chi connectivity index (χ0n) is 16.6. The Kier molecular flexibility index (Phi) is 6.30. The smallest absolute Gasteiger partial charge is 0.373 e. The average molecular weight is 445 g/mol. The lowest BCUT2D eigenvalue weighted by molar-refractivity contribution is -0.386. The van der Waals surface area contributed by atoms with Crippen LogP contribution >= 0.6 is 0 Å². The summed E-state index contributed by atoms with van der Waals surface area (Å²) >= 11 is 0. The van der Waals surface area contributed by atoms with E-state index in [4.69, 9.17) is 14.3 Å². The molecule has 1 saturated heterocycles. The molecule has 4 rings (SSSR count). The molecule has 1 aliphatic heterocycles. The van der Waals surface area contributed by atoms with Gasteiger partial charge in [-0.05, 0) is 31.0 Å². The van der Waals surface area contributed by atoms with Gasteiger partial charge in [0.05, 0.1) is 9.82 Å². The van der Waals surface area contributed by atoms with E-state index < -0.39 is 20.4 Å². The molecule has 0 spiro atoms. The second-order valence-corrected chi connectivity index (χ2v) is 9.01. The Morgan fingerprint density at radius 3 is 2.35 bits per heavy atom. The Morgan fingerprint density at radius 2 is 1.77 bits per heavy atom. The SMILES string of the molecule is CC1(c2c([N+](=O)[O-])cnc3c2ccn3S(=O)(=O)c2ccccc2)CCOCC1.O=C=O. The van der Waals surface area contributed by atoms with Crippen molar-refractivity contribution in [3.8, 4) is 0 Å². The third-order valence-electron chi connectivity index (χ3n) is 5.36. The summed E-state index contributed by atoms with van der Waals surface area (Å²) in [6.45, 7) is 2.96. The van der Waals surface area contributed by atoms with Gasteiger partial charge in [-0.2, -0.15) is 9.59 Å². The van der Waals surface area contributed by atoms with Crippen LogP contribution in [0.3, 0.4) is 0 Å². The number of nitro groups is 1. The fourth-order valence-electron chi connectivity index (χ4n) is 3.80. The molecule has 0 bridgehead atoms. The van der Waals surface area contributed by atoms with Crippen LogP contribution in [0, 0.1) is 10.1 Å². The highest BCUT2D eigenvalue weighted by Gasteiger charge is 2.38. The number of hydrogen-bond donors (Lipinski definition) is 0. The molecule has 3 heterocycles. The summed E-state index contributed by atoms with van der Waals surface area (Å²) < 4.78 is 32.6. The predicted octanol–water partition coefficient (Wildman–Crippen LogP) is 2.67. The molecule has 0 amide bonds. The van der Waals surface area contributed by atoms with E-state index in [9.17, 15) is 18.5 Å². The van der Waals surface area contributed by atoms with Crippen molar-refractivity contribution >= 4 is 32.9 Å². The fourth-order valence-corrected chi connectivity index (χ4v) is 5.12. The maximum atomic E-state index is 13.1. The number of aromatic nitrogens is 2. The Balaban J connectivity index is 0.000000858. The Labute approximate surface area is 177 Å². The molecule has 31 heavy (non-hydrogen) atoms. The summed E-state index contributed by atoms with van der Waals surface area (Å²) in [6.07, 6.45) is 4.05. The summed E-state index contributed by atoms with van der Waals surface area (Å²) in [7, 11) is -3.86. The van der Waals surface area contributed by atoms with Gasteiger partial charge in [-0.15, -0.1) is 0 Å². The van der Waals surface area contributed by atoms with E-state index in [0.29, 0.717) is 37.0 Å². The fraction of sp³-hybridized carbons (Fsp3) is 0.300. The van der Waals surface area contributed by atoms with Gasteiger partial charge in [0.1, 0.15) is 6.20 Å². The zero-order chi connectivity index (χ0) is 22.6. The van der Waals surface area contributed by atoms with E-state index in [2.05, 4.69) is 4.98 Å². The molecule has 10 nitrogen and oxygen atoms in total. The molecular weight excluding hydrogens is 426 g/mol. The largest absolute Gasteiger partial charge is 0.381 e. The normalized spacial score (nSPS) is 15.5. The molecule has 1 aliphatic rings. The number of carbonyl (C=O) groups excluding carboxylic acids is 2. The molecule has 162 valence electrons. The van der Waals surface area contributed by atoms with Gasteiger partial charge in [-0.1, -0.05) is 25.1 Å². The van der Waals surface area contributed by atoms with Gasteiger partial charge in [0.2, 0.25) is 0 Å². The summed E-state index contributed by atoms with van der Waals surface area (Å²) in [5.41, 5.74) is 0.126. The van der Waals surface area contributed by atoms with Crippen LogP contribution in [0.4, 0.5) is 5.69 Å². The molecular formula is C20H19N3O7S. The lowest BCUT2D eigenvalue weighted by atomic mass is 9.74. The average Bonchev–Trinajstić information content (AvgIpc) is 3.19. The van der Waals surface area contributed by atoms with Crippen molar-refractivity contribution in [1.29, 1.82) is 0 Å². The quantitative estimate of drug-likeness (QED) is 0.441. The van der Waals surface area contributed by atoms with Crippen LogP contribution in [0.5, 0.6) is 0 Å². The molecule has 1 aromatic carbocycles. The van der Waals surface area contributed by atoms with Crippen molar-refractivity contribution in [3.05, 3.63) is 64.5 Å². The van der Waals surface area contributed by atoms with Crippen molar-refractivity contribution in [2.45, 2.75) is 30.1 Å². The topological polar surface area (TPSA) is 138 Å². The van der Waals surface area contributed by atoms with Crippen molar-refractivity contribution in [3.63, 3.8) is 0 Å². The summed E-state index contributed by atoms with van der Waals surface area (Å²) in [5, 5.41) is 12.2. The van der Waals surface area contributed by atoms with E-state index in [0.717, 1.165) is 10.2 Å². The van der Waals surface area contributed by atoms with Crippen LogP contribution < -0.4 is 0 Å². The third kappa shape index (κ3) is 4.11. The minimum atomic E-state index is -3.86. The summed E-state index contributed by atoms with van der Waals surface area (Å²) in [4.78, 5) is 31.8. The number of nitrogens with zero attached hydrogens (tertiary/aromatic N) is 3. The maximum absolute atomic E-state index is 13.1. The number of fused-ring (bicyclic) bond motifs is 1. The number of ether oxygens (including phenoxy) is 1. The summed E-state index contributed by atoms with van der Waals surface area (Å²) in [5.74, 6) is 0. The van der Waals surface area contributed by atoms with Crippen molar-refractivity contribution < 1.29 is 27.7 Å². The number of rotatable bonds is 4. The van der Waals surface area contributed by atoms with Gasteiger partial charge >= 0.3 is 6.15 Å². The van der Waals surface area contributed by atoms with E-state index >= 15 is 0 Å². The molecule has 2 aromatic heterocycles. The lowest BCUT2D eigenvalue weighted by Crippen LogP contribution is -2.31. The molecule has 0 aliphatic carbocycles. The van der Waals surface area contributed by atoms with E-state index in [1.807, 2.05) is 6.92 Å². The first kappa shape index (κ1) is 22.3. The minimum Gasteiger partial charge on any atom is -0.381 e. The van der Waals surface area contributed by atoms with Gasteiger partial charge in [-0.3, -0.25) is 10.1 Å². The summed E-state index contributed by atoms with van der Waals surface area (Å²) in [6, 6.07) is 9.64. The van der Waals surface area contributed by atoms with Gasteiger partial charge in [0, 0.05) is 35.8 Å². The maximum Gasteiger partial charge on any atom is 0.373 e. The molecule has 0 N–H and O–H groups in total. The minimum absolute atomic E-state index is 0.0910. The highest BCUT2D eigenvalue weighted by Crippen LogP contribution is 2.43. The molecule has 1 fully saturated rings. The molecule has 0 atom stereocenters. The second kappa shape index (κ2) is 8.76. The van der Waals surface area contributed by atoms with Gasteiger partial charge < -0.3 is 4.74 Å². The first-order valence-corrected chi connectivity index (χ1v) is 10.7. The number of benzene rings is 1. The Morgan fingerprint density at radius 1 is 1.16 bits per heavy atom. The highest BCUT2D eigenvalue weighted by molar-refractivity contribution is 7.90. The van der Waals surface area contributed by atoms with Gasteiger partial charge in [0.25, 0.3) is 15.7 Å². The lowest BCUT2D eigenvalue weighted by Gasteiger charge is -2.33. The van der Waals surface area contributed by atoms with Crippen LogP contribution in [0.2, 0.25) is 0 Å². The Hall–Kier alpha value is -3.40. The van der Waals surface area contributed by atoms with Crippen LogP contribution in [0.1, 0.15) is 25.3 Å². The number of hydrogen-bond acceptors (Lipinski definition) is 8. The monoisotopic (exact) mass is 445 g/mol. The molecule has 3 aromatic rings. The van der Waals surface area contributed by atoms with Crippen molar-refractivity contribution in [2.24, 2.45) is 0 Å². The van der Waals surface area contributed by atoms with Crippen LogP contribution in [-0.2, 0) is 29.8 Å². The van der Waals surface area contributed by atoms with E-state index in [1.165, 1.54) is 18.3 Å². The first-order valence-electron chi connectivity index (χ1n) is 9.29. The molecule has 0 saturated carbocycles. The van der Waals surface area contributed by atoms with Crippen molar-refractivity contribution in [1.82, 2.24) is 8.96 Å². The molecule has 0 radical (unpaired) electrons. The van der Waals surface area contributed by atoms with E-state index in [-0.39, 0.29) is 22.4 Å². The van der Waals surface area contributed by atoms with Gasteiger partial charge in [-0.25, -0.2) is 17.4 Å². The van der Waals surface area contributed by atoms with Crippen LogP contribution in [0.15, 0.2) is 53.7 Å². The second-order valence-electron chi connectivity index (χ2n) is 7.20. The first-order chi connectivity index (χ1) is 14.8. The van der Waals surface area contributed by atoms with Gasteiger partial charge in [0.15, 0.2) is 5.65 Å². The number of pyridine rings is 1. The Bertz CT molecular complexity index is 1240. The molecule has 11 heteroatoms. The van der Waals surface area contributed by atoms with Crippen LogP contribution in [0.25, 0.3) is 11.0 Å². The molecule has 0 unspecified atom stereocenters. The van der Waals surface area contributed by atoms with Crippen molar-refractivity contribution in [2.75, 3.05) is 13.2 Å². The zero-order valence-corrected chi connectivity index (χ0v) is 17.4.